The van der Waals surface area contributed by atoms with Gasteiger partial charge in [0.1, 0.15) is 0 Å². The predicted octanol–water partition coefficient (Wildman–Crippen LogP) is 11.3. The fourth-order valence-corrected chi connectivity index (χ4v) is 9.18. The zero-order chi connectivity index (χ0) is 35.6. The topological polar surface area (TPSA) is 20.0 Å². The smallest absolute Gasteiger partial charge is 0.226 e. The van der Waals surface area contributed by atoms with Crippen LogP contribution in [0.5, 0.6) is 0 Å². The molecule has 0 amide bonds. The Kier molecular flexibility index (Phi) is 6.83. The van der Waals surface area contributed by atoms with Gasteiger partial charge in [0, 0.05) is 16.3 Å². The maximum atomic E-state index is 3.87. The highest BCUT2D eigenvalue weighted by molar-refractivity contribution is 6.12. The number of amidine groups is 1. The Bertz CT molecular complexity index is 2840. The van der Waals surface area contributed by atoms with Gasteiger partial charge in [-0.3, -0.25) is 0 Å². The van der Waals surface area contributed by atoms with Crippen molar-refractivity contribution in [1.82, 2.24) is 9.99 Å². The lowest BCUT2D eigenvalue weighted by Gasteiger charge is -2.34. The minimum Gasteiger partial charge on any atom is -0.226 e. The zero-order valence-corrected chi connectivity index (χ0v) is 29.6. The van der Waals surface area contributed by atoms with E-state index in [9.17, 15) is 0 Å². The Labute approximate surface area is 314 Å². The molecule has 1 aliphatic heterocycles. The van der Waals surface area contributed by atoms with Crippen LogP contribution in [0.25, 0.3) is 44.1 Å². The lowest BCUT2D eigenvalue weighted by Crippen LogP contribution is -2.55. The molecule has 2 heterocycles. The summed E-state index contributed by atoms with van der Waals surface area (Å²) in [7, 11) is 0. The van der Waals surface area contributed by atoms with Crippen LogP contribution < -0.4 is 5.32 Å². The van der Waals surface area contributed by atoms with E-state index >= 15 is 0 Å². The normalized spacial score (nSPS) is 15.4. The van der Waals surface area contributed by atoms with Crippen molar-refractivity contribution in [2.45, 2.75) is 11.6 Å². The number of aromatic nitrogens is 1. The molecule has 0 fully saturated rings. The SMILES string of the molecule is c1ccc(C2=[N+](n3c4ccc(-c5ccccc5)cc4c4cc5c(cc43)C(c3ccccc3)(c3ccccc3)c3ccccc3-5)C(c3ccccc3)N2)cc1. The molecule has 3 heteroatoms. The molecule has 1 aliphatic carbocycles. The minimum atomic E-state index is -0.503. The molecule has 0 radical (unpaired) electrons. The summed E-state index contributed by atoms with van der Waals surface area (Å²) in [5.74, 6) is 1.08. The number of hydrogen-bond donors (Lipinski definition) is 1. The van der Waals surface area contributed by atoms with E-state index in [4.69, 9.17) is 0 Å². The zero-order valence-electron chi connectivity index (χ0n) is 29.6. The molecule has 0 saturated heterocycles. The highest BCUT2D eigenvalue weighted by Gasteiger charge is 2.47. The third kappa shape index (κ3) is 4.39. The van der Waals surface area contributed by atoms with Crippen molar-refractivity contribution in [3.8, 4) is 22.3 Å². The Morgan fingerprint density at radius 2 is 0.981 bits per heavy atom. The van der Waals surface area contributed by atoms with Crippen LogP contribution in [-0.2, 0) is 5.41 Å². The van der Waals surface area contributed by atoms with E-state index in [1.807, 2.05) is 0 Å². The number of benzene rings is 8. The van der Waals surface area contributed by atoms with Gasteiger partial charge >= 0.3 is 5.84 Å². The molecule has 1 unspecified atom stereocenters. The van der Waals surface area contributed by atoms with Crippen molar-refractivity contribution >= 4 is 27.6 Å². The van der Waals surface area contributed by atoms with Gasteiger partial charge < -0.3 is 0 Å². The summed E-state index contributed by atoms with van der Waals surface area (Å²) < 4.78 is 4.96. The molecule has 1 aromatic heterocycles. The van der Waals surface area contributed by atoms with Crippen molar-refractivity contribution in [3.05, 3.63) is 240 Å². The van der Waals surface area contributed by atoms with Crippen LogP contribution in [0, 0.1) is 0 Å². The second kappa shape index (κ2) is 12.0. The Hall–Kier alpha value is -6.97. The second-order valence-corrected chi connectivity index (χ2v) is 14.4. The quantitative estimate of drug-likeness (QED) is 0.172. The summed E-state index contributed by atoms with van der Waals surface area (Å²) in [5, 5.41) is 6.34. The highest BCUT2D eigenvalue weighted by Crippen LogP contribution is 2.57. The van der Waals surface area contributed by atoms with E-state index in [1.165, 1.54) is 71.9 Å². The maximum Gasteiger partial charge on any atom is 0.308 e. The molecule has 54 heavy (non-hydrogen) atoms. The van der Waals surface area contributed by atoms with Crippen molar-refractivity contribution in [2.75, 3.05) is 0 Å². The molecule has 0 bridgehead atoms. The Balaban J connectivity index is 1.29. The average molecular weight is 691 g/mol. The molecule has 0 saturated carbocycles. The summed E-state index contributed by atoms with van der Waals surface area (Å²) in [5.41, 5.74) is 14.3. The van der Waals surface area contributed by atoms with Gasteiger partial charge in [-0.15, -0.1) is 4.68 Å². The summed E-state index contributed by atoms with van der Waals surface area (Å²) in [4.78, 5) is 0. The lowest BCUT2D eigenvalue weighted by molar-refractivity contribution is -0.652. The fourth-order valence-electron chi connectivity index (χ4n) is 9.18. The summed E-state index contributed by atoms with van der Waals surface area (Å²) >= 11 is 0. The van der Waals surface area contributed by atoms with Crippen molar-refractivity contribution in [3.63, 3.8) is 0 Å². The first-order valence-corrected chi connectivity index (χ1v) is 18.7. The van der Waals surface area contributed by atoms with Crippen molar-refractivity contribution in [1.29, 1.82) is 0 Å². The van der Waals surface area contributed by atoms with Crippen LogP contribution in [0.4, 0.5) is 0 Å². The van der Waals surface area contributed by atoms with Crippen LogP contribution in [0.15, 0.2) is 206 Å². The standard InChI is InChI=1S/C51H35N3/c1-6-18-35(19-7-1)38-30-31-47-43(32-38)44-33-42-41-28-16-17-29-45(41)51(39-24-12-4-13-25-39,40-26-14-5-15-27-40)46(42)34-48(44)53(47)54-49(36-20-8-2-9-21-36)52-50(54)37-22-10-3-11-23-37/h1-34,49H/p+1. The number of nitrogens with zero attached hydrogens (tertiary/aromatic N) is 2. The molecule has 0 spiro atoms. The molecular weight excluding hydrogens is 655 g/mol. The maximum absolute atomic E-state index is 3.87. The highest BCUT2D eigenvalue weighted by atomic mass is 15.6. The van der Waals surface area contributed by atoms with E-state index in [0.717, 1.165) is 11.4 Å². The molecule has 11 rings (SSSR count). The van der Waals surface area contributed by atoms with Crippen LogP contribution >= 0.6 is 0 Å². The third-order valence-corrected chi connectivity index (χ3v) is 11.6. The number of fused-ring (bicyclic) bond motifs is 6. The molecule has 2 aliphatic rings. The third-order valence-electron chi connectivity index (χ3n) is 11.6. The van der Waals surface area contributed by atoms with Crippen molar-refractivity contribution < 1.29 is 4.68 Å². The first-order valence-electron chi connectivity index (χ1n) is 18.7. The van der Waals surface area contributed by atoms with Crippen LogP contribution in [-0.4, -0.2) is 15.2 Å². The monoisotopic (exact) mass is 690 g/mol. The van der Waals surface area contributed by atoms with Gasteiger partial charge in [0.2, 0.25) is 0 Å². The van der Waals surface area contributed by atoms with Gasteiger partial charge in [-0.1, -0.05) is 170 Å². The van der Waals surface area contributed by atoms with E-state index in [-0.39, 0.29) is 6.17 Å². The molecule has 3 nitrogen and oxygen atoms in total. The van der Waals surface area contributed by atoms with Gasteiger partial charge in [0.15, 0.2) is 0 Å². The molecule has 1 atom stereocenters. The second-order valence-electron chi connectivity index (χ2n) is 14.4. The number of rotatable bonds is 6. The summed E-state index contributed by atoms with van der Waals surface area (Å²) in [6, 6.07) is 75.4. The van der Waals surface area contributed by atoms with Crippen molar-refractivity contribution in [2.24, 2.45) is 0 Å². The van der Waals surface area contributed by atoms with Gasteiger partial charge in [-0.25, -0.2) is 5.32 Å². The van der Waals surface area contributed by atoms with Gasteiger partial charge in [-0.05, 0) is 80.9 Å². The largest absolute Gasteiger partial charge is 0.308 e. The summed E-state index contributed by atoms with van der Waals surface area (Å²) in [6.45, 7) is 0. The summed E-state index contributed by atoms with van der Waals surface area (Å²) in [6.07, 6.45) is -0.0625. The molecule has 1 N–H and O–H groups in total. The van der Waals surface area contributed by atoms with Gasteiger partial charge in [0.05, 0.1) is 22.0 Å². The molecule has 9 aromatic rings. The first-order chi connectivity index (χ1) is 26.8. The molecule has 8 aromatic carbocycles. The average Bonchev–Trinajstić information content (AvgIpc) is 3.70. The fraction of sp³-hybridized carbons (Fsp3) is 0.0392. The minimum absolute atomic E-state index is 0.0625. The Morgan fingerprint density at radius 3 is 1.65 bits per heavy atom. The predicted molar refractivity (Wildman–Crippen MR) is 221 cm³/mol. The van der Waals surface area contributed by atoms with E-state index < -0.39 is 5.41 Å². The first kappa shape index (κ1) is 30.6. The number of nitrogens with one attached hydrogen (secondary N) is 1. The molecular formula is C51H36N3+. The van der Waals surface area contributed by atoms with Crippen LogP contribution in [0.1, 0.15) is 39.5 Å². The van der Waals surface area contributed by atoms with E-state index in [0.29, 0.717) is 0 Å². The number of hydrogen-bond acceptors (Lipinski definition) is 1. The van der Waals surface area contributed by atoms with E-state index in [1.54, 1.807) is 0 Å². The van der Waals surface area contributed by atoms with Gasteiger partial charge in [0.25, 0.3) is 6.17 Å². The van der Waals surface area contributed by atoms with Crippen LogP contribution in [0.2, 0.25) is 0 Å². The van der Waals surface area contributed by atoms with Crippen LogP contribution in [0.3, 0.4) is 0 Å². The van der Waals surface area contributed by atoms with E-state index in [2.05, 4.69) is 221 Å². The molecule has 254 valence electrons. The lowest BCUT2D eigenvalue weighted by atomic mass is 9.67. The van der Waals surface area contributed by atoms with Gasteiger partial charge in [-0.2, -0.15) is 4.68 Å². The Morgan fingerprint density at radius 1 is 0.426 bits per heavy atom.